The molecule has 1 N–H and O–H groups in total. The van der Waals surface area contributed by atoms with Crippen LogP contribution >= 0.6 is 11.6 Å². The molecule has 128 valence electrons. The highest BCUT2D eigenvalue weighted by Gasteiger charge is 2.15. The summed E-state index contributed by atoms with van der Waals surface area (Å²) < 4.78 is 5.85. The molecule has 0 aliphatic rings. The summed E-state index contributed by atoms with van der Waals surface area (Å²) in [4.78, 5) is 17.1. The molecule has 1 amide bonds. The SMILES string of the molecule is Cc1c(NC(=O)c2ccccc2Cl)cccc1-c1nc2ccccc2o1. The third kappa shape index (κ3) is 2.95. The number of amides is 1. The number of carbonyl (C=O) groups excluding carboxylic acids is 1. The van der Waals surface area contributed by atoms with Crippen LogP contribution in [-0.2, 0) is 0 Å². The summed E-state index contributed by atoms with van der Waals surface area (Å²) in [5, 5.41) is 3.33. The zero-order chi connectivity index (χ0) is 18.1. The van der Waals surface area contributed by atoms with Crippen molar-refractivity contribution in [3.63, 3.8) is 0 Å². The first-order valence-corrected chi connectivity index (χ1v) is 8.53. The van der Waals surface area contributed by atoms with E-state index in [0.717, 1.165) is 22.2 Å². The number of hydrogen-bond donors (Lipinski definition) is 1. The molecule has 26 heavy (non-hydrogen) atoms. The Hall–Kier alpha value is -3.11. The predicted octanol–water partition coefficient (Wildman–Crippen LogP) is 5.71. The molecule has 5 heteroatoms. The Bertz CT molecular complexity index is 1080. The van der Waals surface area contributed by atoms with Crippen molar-refractivity contribution in [2.75, 3.05) is 5.32 Å². The number of aromatic nitrogens is 1. The highest BCUT2D eigenvalue weighted by Crippen LogP contribution is 2.31. The van der Waals surface area contributed by atoms with Gasteiger partial charge in [-0.2, -0.15) is 0 Å². The van der Waals surface area contributed by atoms with Gasteiger partial charge in [0.25, 0.3) is 5.91 Å². The third-order valence-corrected chi connectivity index (χ3v) is 4.55. The fourth-order valence-electron chi connectivity index (χ4n) is 2.83. The fraction of sp³-hybridized carbons (Fsp3) is 0.0476. The molecule has 4 nitrogen and oxygen atoms in total. The second kappa shape index (κ2) is 6.65. The van der Waals surface area contributed by atoms with Crippen LogP contribution < -0.4 is 5.32 Å². The Morgan fingerprint density at radius 1 is 1.00 bits per heavy atom. The van der Waals surface area contributed by atoms with Gasteiger partial charge in [-0.3, -0.25) is 4.79 Å². The number of oxazole rings is 1. The summed E-state index contributed by atoms with van der Waals surface area (Å²) in [7, 11) is 0. The van der Waals surface area contributed by atoms with Crippen molar-refractivity contribution in [3.05, 3.63) is 82.9 Å². The normalized spacial score (nSPS) is 10.8. The maximum Gasteiger partial charge on any atom is 0.257 e. The first kappa shape index (κ1) is 16.4. The molecule has 0 fully saturated rings. The average molecular weight is 363 g/mol. The lowest BCUT2D eigenvalue weighted by Crippen LogP contribution is -2.13. The van der Waals surface area contributed by atoms with Crippen LogP contribution in [0, 0.1) is 6.92 Å². The number of benzene rings is 3. The van der Waals surface area contributed by atoms with Gasteiger partial charge in [-0.15, -0.1) is 0 Å². The molecule has 0 aliphatic heterocycles. The van der Waals surface area contributed by atoms with Crippen LogP contribution in [-0.4, -0.2) is 10.9 Å². The number of para-hydroxylation sites is 2. The molecule has 0 unspecified atom stereocenters. The number of rotatable bonds is 3. The van der Waals surface area contributed by atoms with E-state index in [9.17, 15) is 4.79 Å². The standard InChI is InChI=1S/C21H15ClN2O2/c1-13-14(21-24-18-10-4-5-12-19(18)26-21)8-6-11-17(13)23-20(25)15-7-2-3-9-16(15)22/h2-12H,1H3,(H,23,25). The zero-order valence-electron chi connectivity index (χ0n) is 14.0. The molecular weight excluding hydrogens is 348 g/mol. The molecule has 0 saturated heterocycles. The minimum Gasteiger partial charge on any atom is -0.436 e. The van der Waals surface area contributed by atoms with Crippen molar-refractivity contribution >= 4 is 34.3 Å². The van der Waals surface area contributed by atoms with Crippen LogP contribution in [0.1, 0.15) is 15.9 Å². The summed E-state index contributed by atoms with van der Waals surface area (Å²) in [6.45, 7) is 1.92. The maximum absolute atomic E-state index is 12.5. The molecule has 1 heterocycles. The van der Waals surface area contributed by atoms with Gasteiger partial charge in [0.05, 0.1) is 10.6 Å². The van der Waals surface area contributed by atoms with Crippen LogP contribution in [0.3, 0.4) is 0 Å². The Kier molecular flexibility index (Phi) is 4.19. The minimum absolute atomic E-state index is 0.256. The summed E-state index contributed by atoms with van der Waals surface area (Å²) in [6, 6.07) is 20.2. The Morgan fingerprint density at radius 3 is 2.58 bits per heavy atom. The summed E-state index contributed by atoms with van der Waals surface area (Å²) >= 11 is 6.11. The Balaban J connectivity index is 1.70. The number of hydrogen-bond acceptors (Lipinski definition) is 3. The molecule has 0 aliphatic carbocycles. The molecular formula is C21H15ClN2O2. The molecule has 1 aromatic heterocycles. The Morgan fingerprint density at radius 2 is 1.77 bits per heavy atom. The number of nitrogens with zero attached hydrogens (tertiary/aromatic N) is 1. The van der Waals surface area contributed by atoms with E-state index in [2.05, 4.69) is 10.3 Å². The largest absolute Gasteiger partial charge is 0.436 e. The first-order chi connectivity index (χ1) is 12.6. The van der Waals surface area contributed by atoms with E-state index in [4.69, 9.17) is 16.0 Å². The number of fused-ring (bicyclic) bond motifs is 1. The van der Waals surface area contributed by atoms with Gasteiger partial charge in [0.15, 0.2) is 5.58 Å². The molecule has 0 atom stereocenters. The predicted molar refractivity (Wildman–Crippen MR) is 104 cm³/mol. The monoisotopic (exact) mass is 362 g/mol. The maximum atomic E-state index is 12.5. The quantitative estimate of drug-likeness (QED) is 0.508. The van der Waals surface area contributed by atoms with Crippen LogP contribution in [0.5, 0.6) is 0 Å². The molecule has 4 rings (SSSR count). The Labute approximate surface area is 155 Å². The van der Waals surface area contributed by atoms with E-state index in [0.29, 0.717) is 22.2 Å². The summed E-state index contributed by atoms with van der Waals surface area (Å²) in [5.41, 5.74) is 4.35. The number of anilines is 1. The van der Waals surface area contributed by atoms with E-state index >= 15 is 0 Å². The van der Waals surface area contributed by atoms with Gasteiger partial charge in [-0.1, -0.05) is 41.9 Å². The van der Waals surface area contributed by atoms with Crippen molar-refractivity contribution in [3.8, 4) is 11.5 Å². The smallest absolute Gasteiger partial charge is 0.257 e. The third-order valence-electron chi connectivity index (χ3n) is 4.22. The van der Waals surface area contributed by atoms with Crippen LogP contribution in [0.15, 0.2) is 71.1 Å². The lowest BCUT2D eigenvalue weighted by Gasteiger charge is -2.11. The van der Waals surface area contributed by atoms with Crippen molar-refractivity contribution in [1.29, 1.82) is 0 Å². The van der Waals surface area contributed by atoms with Crippen LogP contribution in [0.4, 0.5) is 5.69 Å². The lowest BCUT2D eigenvalue weighted by molar-refractivity contribution is 0.102. The van der Waals surface area contributed by atoms with E-state index < -0.39 is 0 Å². The van der Waals surface area contributed by atoms with Gasteiger partial charge in [-0.25, -0.2) is 4.98 Å². The van der Waals surface area contributed by atoms with E-state index in [1.807, 2.05) is 49.4 Å². The molecule has 0 saturated carbocycles. The van der Waals surface area contributed by atoms with Crippen LogP contribution in [0.25, 0.3) is 22.6 Å². The van der Waals surface area contributed by atoms with Crippen LogP contribution in [0.2, 0.25) is 5.02 Å². The number of nitrogens with one attached hydrogen (secondary N) is 1. The van der Waals surface area contributed by atoms with Crippen molar-refractivity contribution < 1.29 is 9.21 Å². The van der Waals surface area contributed by atoms with Gasteiger partial charge in [0.2, 0.25) is 5.89 Å². The van der Waals surface area contributed by atoms with E-state index in [1.54, 1.807) is 24.3 Å². The summed E-state index contributed by atoms with van der Waals surface area (Å²) in [5.74, 6) is 0.269. The molecule has 4 aromatic rings. The first-order valence-electron chi connectivity index (χ1n) is 8.15. The highest BCUT2D eigenvalue weighted by molar-refractivity contribution is 6.34. The highest BCUT2D eigenvalue weighted by atomic mass is 35.5. The topological polar surface area (TPSA) is 55.1 Å². The number of halogens is 1. The summed E-state index contributed by atoms with van der Waals surface area (Å²) in [6.07, 6.45) is 0. The molecule has 0 spiro atoms. The van der Waals surface area contributed by atoms with Crippen molar-refractivity contribution in [2.24, 2.45) is 0 Å². The molecule has 0 bridgehead atoms. The van der Waals surface area contributed by atoms with Crippen molar-refractivity contribution in [1.82, 2.24) is 4.98 Å². The van der Waals surface area contributed by atoms with Gasteiger partial charge < -0.3 is 9.73 Å². The van der Waals surface area contributed by atoms with Crippen molar-refractivity contribution in [2.45, 2.75) is 6.92 Å². The fourth-order valence-corrected chi connectivity index (χ4v) is 3.05. The second-order valence-corrected chi connectivity index (χ2v) is 6.31. The molecule has 0 radical (unpaired) electrons. The van der Waals surface area contributed by atoms with Gasteiger partial charge >= 0.3 is 0 Å². The molecule has 3 aromatic carbocycles. The van der Waals surface area contributed by atoms with E-state index in [1.165, 1.54) is 0 Å². The average Bonchev–Trinajstić information content (AvgIpc) is 3.07. The minimum atomic E-state index is -0.256. The number of carbonyl (C=O) groups is 1. The zero-order valence-corrected chi connectivity index (χ0v) is 14.7. The van der Waals surface area contributed by atoms with Gasteiger partial charge in [-0.05, 0) is 48.9 Å². The second-order valence-electron chi connectivity index (χ2n) is 5.90. The lowest BCUT2D eigenvalue weighted by atomic mass is 10.1. The van der Waals surface area contributed by atoms with Gasteiger partial charge in [0, 0.05) is 11.3 Å². The van der Waals surface area contributed by atoms with E-state index in [-0.39, 0.29) is 5.91 Å². The van der Waals surface area contributed by atoms with Gasteiger partial charge in [0.1, 0.15) is 5.52 Å².